The lowest BCUT2D eigenvalue weighted by Crippen LogP contribution is -2.14. The maximum atomic E-state index is 11.0. The Hall–Kier alpha value is -1.42. The maximum Gasteiger partial charge on any atom is 0.183 e. The van der Waals surface area contributed by atoms with E-state index in [1.807, 2.05) is 31.9 Å². The number of nitrogens with zero attached hydrogens (tertiary/aromatic N) is 2. The van der Waals surface area contributed by atoms with Crippen LogP contribution >= 0.6 is 11.3 Å². The summed E-state index contributed by atoms with van der Waals surface area (Å²) in [7, 11) is 3.84. The molecule has 1 aromatic heterocycles. The van der Waals surface area contributed by atoms with Gasteiger partial charge in [0.05, 0.1) is 16.1 Å². The second-order valence-corrected chi connectivity index (χ2v) is 4.92. The molecule has 1 rings (SSSR count). The number of aromatic nitrogens is 1. The first-order chi connectivity index (χ1) is 8.08. The zero-order chi connectivity index (χ0) is 12.8. The molecule has 0 aromatic carbocycles. The molecule has 0 atom stereocenters. The van der Waals surface area contributed by atoms with E-state index in [1.165, 1.54) is 11.3 Å². The predicted molar refractivity (Wildman–Crippen MR) is 73.2 cm³/mol. The monoisotopic (exact) mass is 251 g/mol. The lowest BCUT2D eigenvalue weighted by atomic mass is 10.2. The van der Waals surface area contributed by atoms with Crippen molar-refractivity contribution in [2.75, 3.05) is 32.5 Å². The summed E-state index contributed by atoms with van der Waals surface area (Å²) in [6.45, 7) is 6.78. The van der Waals surface area contributed by atoms with E-state index in [0.717, 1.165) is 15.7 Å². The Balaban J connectivity index is 2.92. The zero-order valence-electron chi connectivity index (χ0n) is 10.4. The van der Waals surface area contributed by atoms with Gasteiger partial charge in [0.15, 0.2) is 5.13 Å². The van der Waals surface area contributed by atoms with Crippen LogP contribution in [0.5, 0.6) is 0 Å². The first-order valence-corrected chi connectivity index (χ1v) is 6.11. The normalized spacial score (nSPS) is 10.1. The maximum absolute atomic E-state index is 11.0. The molecule has 0 saturated heterocycles. The van der Waals surface area contributed by atoms with Gasteiger partial charge in [-0.1, -0.05) is 17.4 Å². The van der Waals surface area contributed by atoms with Gasteiger partial charge in [0, 0.05) is 13.1 Å². The third-order valence-corrected chi connectivity index (χ3v) is 3.24. The van der Waals surface area contributed by atoms with Crippen LogP contribution in [-0.2, 0) is 4.79 Å². The van der Waals surface area contributed by atoms with E-state index in [2.05, 4.69) is 16.9 Å². The third kappa shape index (κ3) is 3.82. The fourth-order valence-electron chi connectivity index (χ4n) is 1.38. The van der Waals surface area contributed by atoms with Gasteiger partial charge in [0.1, 0.15) is 5.94 Å². The number of nitrogens with one attached hydrogen (secondary N) is 1. The third-order valence-electron chi connectivity index (χ3n) is 2.07. The van der Waals surface area contributed by atoms with Crippen molar-refractivity contribution in [1.82, 2.24) is 9.88 Å². The highest BCUT2D eigenvalue weighted by Gasteiger charge is 2.13. The first kappa shape index (κ1) is 13.6. The van der Waals surface area contributed by atoms with Crippen molar-refractivity contribution in [1.29, 1.82) is 0 Å². The minimum atomic E-state index is 0.577. The van der Waals surface area contributed by atoms with E-state index in [4.69, 9.17) is 0 Å². The molecule has 1 heterocycles. The first-order valence-electron chi connectivity index (χ1n) is 5.29. The Morgan fingerprint density at radius 3 is 2.88 bits per heavy atom. The van der Waals surface area contributed by atoms with Gasteiger partial charge in [-0.05, 0) is 21.0 Å². The Labute approximate surface area is 106 Å². The molecule has 0 radical (unpaired) electrons. The van der Waals surface area contributed by atoms with Crippen molar-refractivity contribution < 1.29 is 4.79 Å². The summed E-state index contributed by atoms with van der Waals surface area (Å²) in [5.41, 5.74) is 1.51. The van der Waals surface area contributed by atoms with Gasteiger partial charge < -0.3 is 10.2 Å². The van der Waals surface area contributed by atoms with E-state index in [0.29, 0.717) is 18.7 Å². The molecule has 0 aliphatic carbocycles. The molecule has 5 heteroatoms. The van der Waals surface area contributed by atoms with Crippen LogP contribution in [0.15, 0.2) is 12.7 Å². The summed E-state index contributed by atoms with van der Waals surface area (Å²) in [6.07, 6.45) is 1.77. The molecule has 0 unspecified atom stereocenters. The number of aryl methyl sites for hydroxylation is 1. The van der Waals surface area contributed by atoms with Gasteiger partial charge in [-0.15, -0.1) is 6.58 Å². The molecule has 0 aliphatic rings. The van der Waals surface area contributed by atoms with Crippen LogP contribution in [0.4, 0.5) is 5.13 Å². The van der Waals surface area contributed by atoms with Crippen LogP contribution < -0.4 is 5.32 Å². The molecule has 1 N–H and O–H groups in total. The van der Waals surface area contributed by atoms with Gasteiger partial charge in [-0.3, -0.25) is 0 Å². The Bertz CT molecular complexity index is 445. The summed E-state index contributed by atoms with van der Waals surface area (Å²) in [5, 5.41) is 3.93. The molecule has 0 saturated carbocycles. The Morgan fingerprint density at radius 2 is 2.35 bits per heavy atom. The number of anilines is 1. The fourth-order valence-corrected chi connectivity index (χ4v) is 2.33. The summed E-state index contributed by atoms with van der Waals surface area (Å²) in [6, 6.07) is 0. The van der Waals surface area contributed by atoms with Crippen molar-refractivity contribution in [3.05, 3.63) is 23.2 Å². The minimum Gasteiger partial charge on any atom is -0.358 e. The Morgan fingerprint density at radius 1 is 1.65 bits per heavy atom. The van der Waals surface area contributed by atoms with Crippen LogP contribution in [0.25, 0.3) is 5.57 Å². The average Bonchev–Trinajstić information content (AvgIpc) is 2.64. The van der Waals surface area contributed by atoms with Crippen molar-refractivity contribution in [3.8, 4) is 0 Å². The van der Waals surface area contributed by atoms with Crippen LogP contribution in [0.1, 0.15) is 10.6 Å². The lowest BCUT2D eigenvalue weighted by molar-refractivity contribution is 0.463. The van der Waals surface area contributed by atoms with Gasteiger partial charge in [0.2, 0.25) is 0 Å². The number of carbonyl (C=O) groups excluding carboxylic acids is 1. The van der Waals surface area contributed by atoms with E-state index >= 15 is 0 Å². The molecule has 0 spiro atoms. The van der Waals surface area contributed by atoms with Gasteiger partial charge in [-0.2, -0.15) is 0 Å². The highest BCUT2D eigenvalue weighted by molar-refractivity contribution is 7.16. The molecule has 0 aliphatic heterocycles. The molecule has 1 aromatic rings. The molecular weight excluding hydrogens is 234 g/mol. The van der Waals surface area contributed by atoms with Crippen LogP contribution in [0.2, 0.25) is 0 Å². The topological polar surface area (TPSA) is 45.2 Å². The molecule has 92 valence electrons. The standard InChI is InChI=1S/C12H17N3OS/c1-5-6-13-12-14-9(2)11(17-12)10(8-16)7-15(3)4/h5H,1,6-7H2,2-4H3,(H,13,14). The summed E-state index contributed by atoms with van der Waals surface area (Å²) >= 11 is 1.48. The second kappa shape index (κ2) is 6.35. The predicted octanol–water partition coefficient (Wildman–Crippen LogP) is 1.83. The average molecular weight is 251 g/mol. The smallest absolute Gasteiger partial charge is 0.183 e. The number of likely N-dealkylation sites (N-methyl/N-ethyl adjacent to an activating group) is 1. The molecule has 17 heavy (non-hydrogen) atoms. The number of rotatable bonds is 6. The molecular formula is C12H17N3OS. The Kier molecular flexibility index (Phi) is 5.10. The number of hydrogen-bond donors (Lipinski definition) is 1. The molecule has 0 fully saturated rings. The summed E-state index contributed by atoms with van der Waals surface area (Å²) in [5.74, 6) is 2.01. The van der Waals surface area contributed by atoms with Crippen molar-refractivity contribution >= 4 is 28.0 Å². The zero-order valence-corrected chi connectivity index (χ0v) is 11.2. The molecule has 0 bridgehead atoms. The van der Waals surface area contributed by atoms with E-state index in [-0.39, 0.29) is 0 Å². The van der Waals surface area contributed by atoms with E-state index < -0.39 is 0 Å². The fraction of sp³-hybridized carbons (Fsp3) is 0.417. The molecule has 4 nitrogen and oxygen atoms in total. The van der Waals surface area contributed by atoms with Crippen LogP contribution in [0.3, 0.4) is 0 Å². The highest BCUT2D eigenvalue weighted by Crippen LogP contribution is 2.28. The van der Waals surface area contributed by atoms with Crippen LogP contribution in [0, 0.1) is 6.92 Å². The summed E-state index contributed by atoms with van der Waals surface area (Å²) in [4.78, 5) is 18.2. The summed E-state index contributed by atoms with van der Waals surface area (Å²) < 4.78 is 0. The van der Waals surface area contributed by atoms with Crippen molar-refractivity contribution in [2.24, 2.45) is 0 Å². The number of thiazole rings is 1. The SMILES string of the molecule is C=CCNc1nc(C)c(C(=C=O)CN(C)C)s1. The highest BCUT2D eigenvalue weighted by atomic mass is 32.1. The van der Waals surface area contributed by atoms with Crippen molar-refractivity contribution in [2.45, 2.75) is 6.92 Å². The van der Waals surface area contributed by atoms with Crippen LogP contribution in [-0.4, -0.2) is 43.0 Å². The quantitative estimate of drug-likeness (QED) is 0.619. The minimum absolute atomic E-state index is 0.577. The van der Waals surface area contributed by atoms with E-state index in [9.17, 15) is 4.79 Å². The molecule has 0 amide bonds. The second-order valence-electron chi connectivity index (χ2n) is 3.92. The number of hydrogen-bond acceptors (Lipinski definition) is 5. The van der Waals surface area contributed by atoms with Gasteiger partial charge in [0.25, 0.3) is 0 Å². The van der Waals surface area contributed by atoms with Gasteiger partial charge in [-0.25, -0.2) is 9.78 Å². The lowest BCUT2D eigenvalue weighted by Gasteiger charge is -2.08. The van der Waals surface area contributed by atoms with E-state index in [1.54, 1.807) is 6.08 Å². The van der Waals surface area contributed by atoms with Gasteiger partial charge >= 0.3 is 0 Å². The largest absolute Gasteiger partial charge is 0.358 e. The van der Waals surface area contributed by atoms with Crippen molar-refractivity contribution in [3.63, 3.8) is 0 Å².